The smallest absolute Gasteiger partial charge is 0.248 e. The largest absolute Gasteiger partial charge is 0.378 e. The second kappa shape index (κ2) is 5.31. The van der Waals surface area contributed by atoms with Crippen LogP contribution in [0.2, 0.25) is 0 Å². The number of amides is 1. The van der Waals surface area contributed by atoms with Crippen molar-refractivity contribution in [2.45, 2.75) is 13.0 Å². The van der Waals surface area contributed by atoms with E-state index in [-0.39, 0.29) is 6.04 Å². The summed E-state index contributed by atoms with van der Waals surface area (Å²) in [6.07, 6.45) is 3.58. The van der Waals surface area contributed by atoms with Crippen molar-refractivity contribution >= 4 is 11.6 Å². The average Bonchev–Trinajstić information content (AvgIpc) is 2.40. The first-order valence-corrected chi connectivity index (χ1v) is 5.73. The fraction of sp³-hybridized carbons (Fsp3) is 0.143. The number of anilines is 1. The zero-order valence-corrected chi connectivity index (χ0v) is 10.1. The van der Waals surface area contributed by atoms with E-state index in [0.29, 0.717) is 5.56 Å². The van der Waals surface area contributed by atoms with Crippen molar-refractivity contribution in [1.29, 1.82) is 0 Å². The molecule has 0 bridgehead atoms. The Kier molecular flexibility index (Phi) is 3.57. The third-order valence-corrected chi connectivity index (χ3v) is 2.74. The van der Waals surface area contributed by atoms with Gasteiger partial charge in [0.15, 0.2) is 0 Å². The Morgan fingerprint density at radius 3 is 2.56 bits per heavy atom. The zero-order chi connectivity index (χ0) is 13.0. The lowest BCUT2D eigenvalue weighted by molar-refractivity contribution is 0.100. The average molecular weight is 241 g/mol. The molecule has 1 atom stereocenters. The molecule has 0 saturated carbocycles. The molecule has 0 radical (unpaired) electrons. The van der Waals surface area contributed by atoms with Gasteiger partial charge in [-0.05, 0) is 42.8 Å². The summed E-state index contributed by atoms with van der Waals surface area (Å²) in [6, 6.07) is 11.2. The monoisotopic (exact) mass is 241 g/mol. The molecule has 0 aliphatic carbocycles. The highest BCUT2D eigenvalue weighted by atomic mass is 16.1. The Labute approximate surface area is 106 Å². The highest BCUT2D eigenvalue weighted by Gasteiger charge is 2.05. The summed E-state index contributed by atoms with van der Waals surface area (Å²) >= 11 is 0. The van der Waals surface area contributed by atoms with Crippen LogP contribution in [0.5, 0.6) is 0 Å². The van der Waals surface area contributed by atoms with Gasteiger partial charge in [-0.3, -0.25) is 9.78 Å². The van der Waals surface area contributed by atoms with Crippen LogP contribution in [0.4, 0.5) is 5.69 Å². The highest BCUT2D eigenvalue weighted by Crippen LogP contribution is 2.18. The zero-order valence-electron chi connectivity index (χ0n) is 10.1. The van der Waals surface area contributed by atoms with Gasteiger partial charge in [0.1, 0.15) is 0 Å². The Balaban J connectivity index is 2.08. The van der Waals surface area contributed by atoms with Crippen molar-refractivity contribution in [1.82, 2.24) is 4.98 Å². The summed E-state index contributed by atoms with van der Waals surface area (Å²) in [5.41, 5.74) is 7.75. The van der Waals surface area contributed by atoms with Gasteiger partial charge in [0.2, 0.25) is 5.91 Å². The van der Waals surface area contributed by atoms with Gasteiger partial charge in [0, 0.05) is 23.6 Å². The number of hydrogen-bond donors (Lipinski definition) is 2. The van der Waals surface area contributed by atoms with Crippen LogP contribution in [0.15, 0.2) is 48.8 Å². The summed E-state index contributed by atoms with van der Waals surface area (Å²) < 4.78 is 0. The van der Waals surface area contributed by atoms with Crippen LogP contribution in [-0.2, 0) is 0 Å². The van der Waals surface area contributed by atoms with Crippen LogP contribution < -0.4 is 11.1 Å². The SMILES string of the molecule is CC(Nc1ccc(C(N)=O)cc1)c1cccnc1. The number of carbonyl (C=O) groups excluding carboxylic acids is 1. The first kappa shape index (κ1) is 12.1. The molecule has 0 aliphatic heterocycles. The molecule has 1 heterocycles. The van der Waals surface area contributed by atoms with Crippen molar-refractivity contribution in [3.8, 4) is 0 Å². The molecular weight excluding hydrogens is 226 g/mol. The van der Waals surface area contributed by atoms with Gasteiger partial charge in [-0.15, -0.1) is 0 Å². The number of pyridine rings is 1. The number of nitrogens with two attached hydrogens (primary N) is 1. The molecule has 2 aromatic rings. The molecule has 0 saturated heterocycles. The van der Waals surface area contributed by atoms with Crippen molar-refractivity contribution in [3.63, 3.8) is 0 Å². The molecule has 1 unspecified atom stereocenters. The molecule has 1 aromatic carbocycles. The quantitative estimate of drug-likeness (QED) is 0.863. The molecule has 4 heteroatoms. The molecule has 4 nitrogen and oxygen atoms in total. The second-order valence-corrected chi connectivity index (χ2v) is 4.09. The molecule has 18 heavy (non-hydrogen) atoms. The van der Waals surface area contributed by atoms with Gasteiger partial charge < -0.3 is 11.1 Å². The lowest BCUT2D eigenvalue weighted by Crippen LogP contribution is -2.11. The second-order valence-electron chi connectivity index (χ2n) is 4.09. The predicted molar refractivity (Wildman–Crippen MR) is 71.2 cm³/mol. The maximum atomic E-state index is 10.9. The minimum atomic E-state index is -0.415. The van der Waals surface area contributed by atoms with E-state index in [9.17, 15) is 4.79 Å². The highest BCUT2D eigenvalue weighted by molar-refractivity contribution is 5.93. The molecule has 1 amide bonds. The van der Waals surface area contributed by atoms with Gasteiger partial charge in [0.25, 0.3) is 0 Å². The fourth-order valence-electron chi connectivity index (χ4n) is 1.70. The third kappa shape index (κ3) is 2.85. The topological polar surface area (TPSA) is 68.0 Å². The number of nitrogens with zero attached hydrogens (tertiary/aromatic N) is 1. The fourth-order valence-corrected chi connectivity index (χ4v) is 1.70. The van der Waals surface area contributed by atoms with E-state index in [4.69, 9.17) is 5.73 Å². The molecule has 0 spiro atoms. The van der Waals surface area contributed by atoms with Crippen LogP contribution in [0, 0.1) is 0 Å². The molecule has 92 valence electrons. The first-order valence-electron chi connectivity index (χ1n) is 5.73. The summed E-state index contributed by atoms with van der Waals surface area (Å²) in [4.78, 5) is 15.0. The summed E-state index contributed by atoms with van der Waals surface area (Å²) in [5.74, 6) is -0.415. The van der Waals surface area contributed by atoms with E-state index >= 15 is 0 Å². The molecule has 0 aliphatic rings. The standard InChI is InChI=1S/C14H15N3O/c1-10(12-3-2-8-16-9-12)17-13-6-4-11(5-7-13)14(15)18/h2-10,17H,1H3,(H2,15,18). The maximum Gasteiger partial charge on any atom is 0.248 e. The number of carbonyl (C=O) groups is 1. The Morgan fingerprint density at radius 2 is 2.00 bits per heavy atom. The van der Waals surface area contributed by atoms with Crippen LogP contribution in [0.1, 0.15) is 28.9 Å². The lowest BCUT2D eigenvalue weighted by atomic mass is 10.1. The third-order valence-electron chi connectivity index (χ3n) is 2.74. The lowest BCUT2D eigenvalue weighted by Gasteiger charge is -2.15. The van der Waals surface area contributed by atoms with Crippen molar-refractivity contribution in [3.05, 3.63) is 59.9 Å². The van der Waals surface area contributed by atoms with Crippen LogP contribution >= 0.6 is 0 Å². The Bertz CT molecular complexity index is 522. The summed E-state index contributed by atoms with van der Waals surface area (Å²) in [7, 11) is 0. The van der Waals surface area contributed by atoms with Crippen molar-refractivity contribution < 1.29 is 4.79 Å². The van der Waals surface area contributed by atoms with Gasteiger partial charge in [0.05, 0.1) is 6.04 Å². The number of hydrogen-bond acceptors (Lipinski definition) is 3. The van der Waals surface area contributed by atoms with Gasteiger partial charge in [-0.1, -0.05) is 6.07 Å². The Morgan fingerprint density at radius 1 is 1.28 bits per heavy atom. The normalized spacial score (nSPS) is 11.8. The van der Waals surface area contributed by atoms with Crippen LogP contribution in [-0.4, -0.2) is 10.9 Å². The minimum Gasteiger partial charge on any atom is -0.378 e. The number of aromatic nitrogens is 1. The Hall–Kier alpha value is -2.36. The van der Waals surface area contributed by atoms with Crippen molar-refractivity contribution in [2.24, 2.45) is 5.73 Å². The van der Waals surface area contributed by atoms with E-state index in [1.165, 1.54) is 0 Å². The number of benzene rings is 1. The van der Waals surface area contributed by atoms with Crippen LogP contribution in [0.25, 0.3) is 0 Å². The first-order chi connectivity index (χ1) is 8.66. The van der Waals surface area contributed by atoms with Crippen LogP contribution in [0.3, 0.4) is 0 Å². The van der Waals surface area contributed by atoms with Gasteiger partial charge in [-0.25, -0.2) is 0 Å². The van der Waals surface area contributed by atoms with E-state index < -0.39 is 5.91 Å². The van der Waals surface area contributed by atoms with E-state index in [0.717, 1.165) is 11.3 Å². The summed E-state index contributed by atoms with van der Waals surface area (Å²) in [5, 5.41) is 3.33. The van der Waals surface area contributed by atoms with Gasteiger partial charge in [-0.2, -0.15) is 0 Å². The van der Waals surface area contributed by atoms with Gasteiger partial charge >= 0.3 is 0 Å². The molecule has 0 fully saturated rings. The molecule has 1 aromatic heterocycles. The molecule has 2 rings (SSSR count). The maximum absolute atomic E-state index is 10.9. The molecule has 3 N–H and O–H groups in total. The minimum absolute atomic E-state index is 0.151. The number of primary amides is 1. The molecular formula is C14H15N3O. The van der Waals surface area contributed by atoms with E-state index in [2.05, 4.69) is 17.2 Å². The van der Waals surface area contributed by atoms with E-state index in [1.807, 2.05) is 30.5 Å². The van der Waals surface area contributed by atoms with E-state index in [1.54, 1.807) is 18.3 Å². The van der Waals surface area contributed by atoms with Crippen molar-refractivity contribution in [2.75, 3.05) is 5.32 Å². The number of rotatable bonds is 4. The number of nitrogens with one attached hydrogen (secondary N) is 1. The summed E-state index contributed by atoms with van der Waals surface area (Å²) in [6.45, 7) is 2.05. The predicted octanol–water partition coefficient (Wildman–Crippen LogP) is 2.35.